The van der Waals surface area contributed by atoms with Gasteiger partial charge in [-0.2, -0.15) is 0 Å². The number of hydrogen-bond donors (Lipinski definition) is 0. The van der Waals surface area contributed by atoms with Gasteiger partial charge in [-0.1, -0.05) is 36.2 Å². The molecule has 3 aliphatic rings. The smallest absolute Gasteiger partial charge is 0.409 e. The number of nitrogens with zero attached hydrogens (tertiary/aromatic N) is 4. The van der Waals surface area contributed by atoms with Crippen LogP contribution in [0.4, 0.5) is 4.79 Å². The third kappa shape index (κ3) is 5.47. The molecule has 0 N–H and O–H groups in total. The van der Waals surface area contributed by atoms with Gasteiger partial charge in [-0.05, 0) is 55.5 Å². The van der Waals surface area contributed by atoms with E-state index in [9.17, 15) is 14.4 Å². The zero-order valence-electron chi connectivity index (χ0n) is 21.6. The molecule has 38 heavy (non-hydrogen) atoms. The lowest BCUT2D eigenvalue weighted by molar-refractivity contribution is -0.142. The van der Waals surface area contributed by atoms with E-state index < -0.39 is 6.09 Å². The highest BCUT2D eigenvalue weighted by Crippen LogP contribution is 2.47. The molecule has 0 spiro atoms. The number of piperidine rings is 1. The molecule has 1 aromatic heterocycles. The van der Waals surface area contributed by atoms with Crippen LogP contribution in [0.3, 0.4) is 0 Å². The first-order valence-corrected chi connectivity index (χ1v) is 13.8. The van der Waals surface area contributed by atoms with Crippen LogP contribution in [0, 0.1) is 11.3 Å². The zero-order valence-corrected chi connectivity index (χ0v) is 23.1. The molecule has 10 heteroatoms. The molecule has 5 rings (SSSR count). The molecular weight excluding hydrogens is 527 g/mol. The summed E-state index contributed by atoms with van der Waals surface area (Å²) in [4.78, 5) is 48.7. The maximum Gasteiger partial charge on any atom is 0.415 e. The van der Waals surface area contributed by atoms with E-state index in [-0.39, 0.29) is 35.1 Å². The predicted molar refractivity (Wildman–Crippen MR) is 144 cm³/mol. The Morgan fingerprint density at radius 3 is 2.42 bits per heavy atom. The van der Waals surface area contributed by atoms with Gasteiger partial charge in [0.2, 0.25) is 11.8 Å². The largest absolute Gasteiger partial charge is 0.415 e. The lowest BCUT2D eigenvalue weighted by Crippen LogP contribution is -2.46. The van der Waals surface area contributed by atoms with E-state index >= 15 is 0 Å². The second-order valence-electron chi connectivity index (χ2n) is 10.9. The van der Waals surface area contributed by atoms with Crippen molar-refractivity contribution in [2.45, 2.75) is 44.6 Å². The Bertz CT molecular complexity index is 1210. The van der Waals surface area contributed by atoms with E-state index in [2.05, 4.69) is 4.98 Å². The van der Waals surface area contributed by atoms with Crippen molar-refractivity contribution in [3.05, 3.63) is 58.3 Å². The Labute approximate surface area is 232 Å². The van der Waals surface area contributed by atoms with Gasteiger partial charge in [-0.25, -0.2) is 4.79 Å². The maximum absolute atomic E-state index is 13.6. The molecule has 202 valence electrons. The lowest BCUT2D eigenvalue weighted by atomic mass is 9.93. The summed E-state index contributed by atoms with van der Waals surface area (Å²) in [6.07, 6.45) is 5.76. The molecule has 3 amide bonds. The van der Waals surface area contributed by atoms with Crippen LogP contribution in [0.5, 0.6) is 5.75 Å². The maximum atomic E-state index is 13.6. The third-order valence-corrected chi connectivity index (χ3v) is 8.98. The molecule has 1 aliphatic carbocycles. The van der Waals surface area contributed by atoms with Crippen LogP contribution < -0.4 is 4.74 Å². The van der Waals surface area contributed by atoms with Gasteiger partial charge in [0.25, 0.3) is 0 Å². The van der Waals surface area contributed by atoms with Crippen molar-refractivity contribution >= 4 is 41.1 Å². The van der Waals surface area contributed by atoms with E-state index in [1.54, 1.807) is 42.4 Å². The van der Waals surface area contributed by atoms with Gasteiger partial charge in [0.05, 0.1) is 22.3 Å². The van der Waals surface area contributed by atoms with Crippen LogP contribution in [0.2, 0.25) is 10.0 Å². The van der Waals surface area contributed by atoms with Gasteiger partial charge in [-0.3, -0.25) is 14.6 Å². The number of likely N-dealkylation sites (N-methyl/N-ethyl adjacent to an activating group) is 1. The number of amides is 3. The lowest BCUT2D eigenvalue weighted by Gasteiger charge is -2.34. The number of rotatable bonds is 5. The van der Waals surface area contributed by atoms with E-state index in [1.807, 2.05) is 22.8 Å². The number of likely N-dealkylation sites (tertiary alicyclic amines) is 2. The summed E-state index contributed by atoms with van der Waals surface area (Å²) >= 11 is 12.5. The minimum atomic E-state index is -0.525. The van der Waals surface area contributed by atoms with Crippen molar-refractivity contribution in [1.29, 1.82) is 0 Å². The van der Waals surface area contributed by atoms with Gasteiger partial charge in [0.1, 0.15) is 0 Å². The first kappa shape index (κ1) is 26.8. The second-order valence-corrected chi connectivity index (χ2v) is 11.7. The van der Waals surface area contributed by atoms with Crippen LogP contribution in [0.1, 0.15) is 44.1 Å². The van der Waals surface area contributed by atoms with Gasteiger partial charge >= 0.3 is 6.09 Å². The van der Waals surface area contributed by atoms with Crippen LogP contribution in [-0.2, 0) is 9.59 Å². The first-order chi connectivity index (χ1) is 18.2. The fourth-order valence-electron chi connectivity index (χ4n) is 5.52. The number of hydrogen-bond acceptors (Lipinski definition) is 5. The topological polar surface area (TPSA) is 83.1 Å². The first-order valence-electron chi connectivity index (χ1n) is 13.0. The van der Waals surface area contributed by atoms with E-state index in [0.717, 1.165) is 18.4 Å². The highest BCUT2D eigenvalue weighted by Gasteiger charge is 2.48. The second kappa shape index (κ2) is 10.7. The Morgan fingerprint density at radius 2 is 1.79 bits per heavy atom. The average Bonchev–Trinajstić information content (AvgIpc) is 3.53. The standard InChI is InChI=1S/C28H32Cl2N4O4/c1-28(9-10-28)26(36)33-12-7-18(8-13-33)25(35)34-16-21(19-5-6-22(29)23(30)14-19)24(17-34)32(2)27(37)38-20-4-3-11-31-15-20/h3-6,11,14-15,18,21,24H,7-10,12-13,16-17H2,1-2H3/t21-,24+/m0/s1. The SMILES string of the molecule is CN(C(=O)Oc1cccnc1)[C@@H]1CN(C(=O)C2CCN(C(=O)C3(C)CC3)CC2)C[C@H]1c1ccc(Cl)c(Cl)c1. The zero-order chi connectivity index (χ0) is 27.0. The number of carbonyl (C=O) groups excluding carboxylic acids is 3. The van der Waals surface area contributed by atoms with Crippen molar-refractivity contribution in [3.63, 3.8) is 0 Å². The summed E-state index contributed by atoms with van der Waals surface area (Å²) in [5.41, 5.74) is 0.708. The molecule has 2 atom stereocenters. The summed E-state index contributed by atoms with van der Waals surface area (Å²) in [5.74, 6) is 0.320. The number of pyridine rings is 1. The minimum Gasteiger partial charge on any atom is -0.409 e. The monoisotopic (exact) mass is 558 g/mol. The Hall–Kier alpha value is -2.84. The highest BCUT2D eigenvalue weighted by molar-refractivity contribution is 6.42. The molecule has 0 radical (unpaired) electrons. The van der Waals surface area contributed by atoms with E-state index in [1.165, 1.54) is 6.20 Å². The Balaban J connectivity index is 1.30. The number of carbonyl (C=O) groups is 3. The molecule has 1 aromatic carbocycles. The number of aromatic nitrogens is 1. The van der Waals surface area contributed by atoms with Crippen LogP contribution in [0.15, 0.2) is 42.7 Å². The normalized spacial score (nSPS) is 22.7. The summed E-state index contributed by atoms with van der Waals surface area (Å²) in [7, 11) is 1.68. The third-order valence-electron chi connectivity index (χ3n) is 8.25. The highest BCUT2D eigenvalue weighted by atomic mass is 35.5. The quantitative estimate of drug-likeness (QED) is 0.523. The van der Waals surface area contributed by atoms with E-state index in [0.29, 0.717) is 54.8 Å². The van der Waals surface area contributed by atoms with Crippen LogP contribution in [-0.4, -0.2) is 76.9 Å². The van der Waals surface area contributed by atoms with Crippen molar-refractivity contribution in [3.8, 4) is 5.75 Å². The Morgan fingerprint density at radius 1 is 1.05 bits per heavy atom. The molecule has 2 saturated heterocycles. The summed E-state index contributed by atoms with van der Waals surface area (Å²) in [6.45, 7) is 4.06. The van der Waals surface area contributed by atoms with E-state index in [4.69, 9.17) is 27.9 Å². The molecular formula is C28H32Cl2N4O4. The van der Waals surface area contributed by atoms with Crippen molar-refractivity contribution in [2.24, 2.45) is 11.3 Å². The summed E-state index contributed by atoms with van der Waals surface area (Å²) in [6, 6.07) is 8.47. The van der Waals surface area contributed by atoms with Crippen molar-refractivity contribution in [2.75, 3.05) is 33.2 Å². The predicted octanol–water partition coefficient (Wildman–Crippen LogP) is 4.85. The number of benzene rings is 1. The van der Waals surface area contributed by atoms with Crippen LogP contribution in [0.25, 0.3) is 0 Å². The number of ether oxygens (including phenoxy) is 1. The van der Waals surface area contributed by atoms with Crippen molar-refractivity contribution in [1.82, 2.24) is 19.7 Å². The molecule has 0 unspecified atom stereocenters. The van der Waals surface area contributed by atoms with Crippen molar-refractivity contribution < 1.29 is 19.1 Å². The van der Waals surface area contributed by atoms with Gasteiger partial charge in [-0.15, -0.1) is 0 Å². The average molecular weight is 559 g/mol. The molecule has 2 aromatic rings. The Kier molecular flexibility index (Phi) is 7.56. The molecule has 3 fully saturated rings. The summed E-state index contributed by atoms with van der Waals surface area (Å²) in [5, 5.41) is 0.873. The summed E-state index contributed by atoms with van der Waals surface area (Å²) < 4.78 is 5.53. The minimum absolute atomic E-state index is 0.0660. The van der Waals surface area contributed by atoms with Crippen LogP contribution >= 0.6 is 23.2 Å². The van der Waals surface area contributed by atoms with Gasteiger partial charge < -0.3 is 19.4 Å². The molecule has 0 bridgehead atoms. The number of halogens is 2. The molecule has 2 aliphatic heterocycles. The molecule has 8 nitrogen and oxygen atoms in total. The molecule has 3 heterocycles. The fraction of sp³-hybridized carbons (Fsp3) is 0.500. The van der Waals surface area contributed by atoms with Gasteiger partial charge in [0.15, 0.2) is 5.75 Å². The fourth-order valence-corrected chi connectivity index (χ4v) is 5.82. The molecule has 1 saturated carbocycles. The van der Waals surface area contributed by atoms with Gasteiger partial charge in [0, 0.05) is 56.7 Å².